The average molecular weight is 1830 g/mol. The van der Waals surface area contributed by atoms with Gasteiger partial charge in [0.05, 0.1) is 61.0 Å². The Labute approximate surface area is 732 Å². The first-order chi connectivity index (χ1) is 61.4. The largest absolute Gasteiger partial charge is 0.508 e. The standard InChI is InChI=1S/C24H23N3O5.C23H20FN3O4.C23H20IN3O4.C23H20N4O6/c1-31-17-6-4-5-15(13-17)26-22(29)25-12-9-19-21(27(25)23(26)30)18-8-7-16(28)14-20(18)32-24(19)10-2-3-11-24;24-14-3-5-15(6-4-14)26-21(29)25-12-9-18-20(27(25)22(26)30)17-8-7-16(28)13-19(17)31-23(18)10-1-2-11-23;24-17-5-1-2-6-18(17)26-21(29)25-12-9-16-20(27(25)22(26)30)15-8-7-14(28)13-19(15)31-23(16)10-3-4-11-23;28-16-6-7-17-19(13-16)33-23(9-1-2-10-23)18-8-11-24-21(29)25(22(30)26(24)20(17)18)14-4-3-5-15(12-14)27(31)32/h4-9,13-14,21,28H,2-3,10-12H2,1H3;3-9,13,20,28H,1-2,10-12H2;1-2,5-9,13,20,28H,3-4,10-12H2;3-8,12-13,20,28H,1-2,9-11H2. The molecule has 8 aromatic carbocycles. The molecule has 4 saturated carbocycles. The van der Waals surface area contributed by atoms with Gasteiger partial charge >= 0.3 is 45.5 Å². The number of phenols is 4. The lowest BCUT2D eigenvalue weighted by Crippen LogP contribution is -2.48. The zero-order chi connectivity index (χ0) is 87.6. The quantitative estimate of drug-likeness (QED) is 0.0520. The maximum absolute atomic E-state index is 13.7. The van der Waals surface area contributed by atoms with E-state index >= 15 is 0 Å². The molecule has 8 aliphatic heterocycles. The highest BCUT2D eigenvalue weighted by Crippen LogP contribution is 2.58. The number of non-ortho nitro benzene ring substituents is 1. The molecule has 12 heterocycles. The SMILES string of the molecule is COc1cccc(-n2c(=O)n3n(c2=O)C2C(=CC3)C3(CCCC3)Oc3cc(O)ccc32)c1.O=c1n(-c2ccc(F)cc2)c(=O)n2n1CC=C1C2c2ccc(O)cc2OC12CCCC2.O=c1n(-c2cccc([N+](=O)[O-])c2)c(=O)n2n1CC=C1C2c2ccc(O)cc2OC12CCCC2.O=c1n(-c2ccccc2I)c(=O)n2n1CC=C1C2c2ccc(O)cc2OC12CCCC2. The van der Waals surface area contributed by atoms with Crippen LogP contribution in [0.1, 0.15) is 149 Å². The summed E-state index contributed by atoms with van der Waals surface area (Å²) in [6.07, 6.45) is 22.8. The van der Waals surface area contributed by atoms with E-state index in [4.69, 9.17) is 23.7 Å². The topological polar surface area (TPSA) is 366 Å². The number of aromatic nitrogens is 12. The number of fused-ring (bicyclic) bond motifs is 24. The van der Waals surface area contributed by atoms with Crippen molar-refractivity contribution < 1.29 is 53.4 Å². The number of benzene rings is 8. The molecule has 127 heavy (non-hydrogen) atoms. The van der Waals surface area contributed by atoms with E-state index < -0.39 is 91.5 Å². The lowest BCUT2D eigenvalue weighted by Gasteiger charge is -2.44. The Kier molecular flexibility index (Phi) is 19.0. The third-order valence-corrected chi connectivity index (χ3v) is 28.2. The molecule has 0 radical (unpaired) electrons. The number of phenolic OH excluding ortho intramolecular Hbond substituents is 4. The highest BCUT2D eigenvalue weighted by atomic mass is 127. The Hall–Kier alpha value is -14.1. The van der Waals surface area contributed by atoms with Crippen molar-refractivity contribution in [2.45, 2.75) is 175 Å². The first-order valence-electron chi connectivity index (χ1n) is 42.5. The van der Waals surface area contributed by atoms with E-state index in [1.165, 1.54) is 91.8 Å². The highest BCUT2D eigenvalue weighted by molar-refractivity contribution is 14.1. The minimum absolute atomic E-state index is 0.0593. The van der Waals surface area contributed by atoms with Crippen molar-refractivity contribution in [2.75, 3.05) is 7.11 Å². The predicted molar refractivity (Wildman–Crippen MR) is 468 cm³/mol. The number of nitro groups is 1. The van der Waals surface area contributed by atoms with Crippen molar-refractivity contribution in [3.8, 4) is 74.5 Å². The molecule has 34 heteroatoms. The van der Waals surface area contributed by atoms with Gasteiger partial charge in [0.15, 0.2) is 0 Å². The maximum Gasteiger partial charge on any atom is 0.352 e. The van der Waals surface area contributed by atoms with Gasteiger partial charge in [0, 0.05) is 90.6 Å². The van der Waals surface area contributed by atoms with Gasteiger partial charge in [0.25, 0.3) is 5.69 Å². The van der Waals surface area contributed by atoms with Crippen LogP contribution in [0.2, 0.25) is 0 Å². The molecule has 32 nitrogen and oxygen atoms in total. The van der Waals surface area contributed by atoms with Crippen LogP contribution in [0.3, 0.4) is 0 Å². The van der Waals surface area contributed by atoms with Gasteiger partial charge < -0.3 is 44.1 Å². The van der Waals surface area contributed by atoms with Crippen molar-refractivity contribution in [2.24, 2.45) is 0 Å². The number of nitro benzene ring substituents is 1. The van der Waals surface area contributed by atoms with Gasteiger partial charge in [-0.25, -0.2) is 98.5 Å². The smallest absolute Gasteiger partial charge is 0.352 e. The van der Waals surface area contributed by atoms with Gasteiger partial charge in [0.1, 0.15) is 104 Å². The van der Waals surface area contributed by atoms with E-state index in [1.807, 2.05) is 36.4 Å². The number of rotatable bonds is 6. The van der Waals surface area contributed by atoms with Crippen LogP contribution in [0, 0.1) is 19.5 Å². The van der Waals surface area contributed by atoms with Crippen LogP contribution < -0.4 is 69.2 Å². The summed E-state index contributed by atoms with van der Waals surface area (Å²) < 4.78 is 61.7. The molecule has 648 valence electrons. The number of hydrogen-bond acceptors (Lipinski definition) is 19. The second kappa shape index (κ2) is 30.1. The van der Waals surface area contributed by atoms with E-state index in [9.17, 15) is 73.3 Å². The van der Waals surface area contributed by atoms with Gasteiger partial charge in [-0.1, -0.05) is 48.6 Å². The summed E-state index contributed by atoms with van der Waals surface area (Å²) >= 11 is 2.15. The normalized spacial score (nSPS) is 20.3. The van der Waals surface area contributed by atoms with Gasteiger partial charge in [-0.2, -0.15) is 0 Å². The van der Waals surface area contributed by atoms with Crippen molar-refractivity contribution in [3.05, 3.63) is 342 Å². The zero-order valence-electron chi connectivity index (χ0n) is 68.4. The van der Waals surface area contributed by atoms with Crippen LogP contribution in [0.5, 0.6) is 51.7 Å². The number of aromatic hydroxyl groups is 4. The van der Waals surface area contributed by atoms with E-state index in [0.717, 1.165) is 154 Å². The number of ether oxygens (including phenoxy) is 5. The van der Waals surface area contributed by atoms with E-state index in [-0.39, 0.29) is 58.8 Å². The Balaban J connectivity index is 0.000000103. The summed E-state index contributed by atoms with van der Waals surface area (Å²) in [6.45, 7) is 1.08. The molecule has 0 saturated heterocycles. The molecule has 4 atom stereocenters. The predicted octanol–water partition coefficient (Wildman–Crippen LogP) is 11.6. The molecule has 0 amide bonds. The lowest BCUT2D eigenvalue weighted by molar-refractivity contribution is -0.384. The molecule has 0 bridgehead atoms. The fourth-order valence-corrected chi connectivity index (χ4v) is 22.3. The summed E-state index contributed by atoms with van der Waals surface area (Å²) in [5.41, 5.74) is 2.53. The Morgan fingerprint density at radius 3 is 1.03 bits per heavy atom. The van der Waals surface area contributed by atoms with Crippen LogP contribution in [-0.4, -0.2) is 111 Å². The van der Waals surface area contributed by atoms with E-state index in [2.05, 4.69) is 28.7 Å². The molecule has 4 aliphatic carbocycles. The number of para-hydroxylation sites is 1. The van der Waals surface area contributed by atoms with Crippen LogP contribution in [0.15, 0.2) is 255 Å². The molecule has 12 aromatic rings. The zero-order valence-corrected chi connectivity index (χ0v) is 70.6. The third kappa shape index (κ3) is 12.5. The van der Waals surface area contributed by atoms with Gasteiger partial charge in [-0.05, 0) is 228 Å². The lowest BCUT2D eigenvalue weighted by atomic mass is 9.79. The number of nitrogens with zero attached hydrogens (tertiary/aromatic N) is 13. The second-order valence-corrected chi connectivity index (χ2v) is 35.2. The summed E-state index contributed by atoms with van der Waals surface area (Å²) in [4.78, 5) is 118. The Morgan fingerprint density at radius 2 is 0.693 bits per heavy atom. The van der Waals surface area contributed by atoms with Crippen molar-refractivity contribution in [1.29, 1.82) is 0 Å². The molecule has 4 N–H and O–H groups in total. The maximum atomic E-state index is 13.7. The molecule has 4 fully saturated rings. The van der Waals surface area contributed by atoms with Gasteiger partial charge in [-0.3, -0.25) is 10.1 Å². The van der Waals surface area contributed by atoms with Gasteiger partial charge in [-0.15, -0.1) is 0 Å². The van der Waals surface area contributed by atoms with Crippen LogP contribution >= 0.6 is 22.6 Å². The first-order valence-corrected chi connectivity index (χ1v) is 43.6. The van der Waals surface area contributed by atoms with E-state index in [0.29, 0.717) is 64.5 Å². The number of halogens is 2. The van der Waals surface area contributed by atoms with Crippen LogP contribution in [0.4, 0.5) is 10.1 Å². The average Bonchev–Trinajstić information content (AvgIpc) is 1.60. The second-order valence-electron chi connectivity index (χ2n) is 34.1. The minimum Gasteiger partial charge on any atom is -0.508 e. The molecule has 12 aliphatic rings. The summed E-state index contributed by atoms with van der Waals surface area (Å²) in [5.74, 6) is 2.68. The number of hydrogen-bond donors (Lipinski definition) is 4. The molecule has 4 spiro atoms. The van der Waals surface area contributed by atoms with Crippen LogP contribution in [0.25, 0.3) is 22.7 Å². The summed E-state index contributed by atoms with van der Waals surface area (Å²) in [7, 11) is 1.55. The highest BCUT2D eigenvalue weighted by Gasteiger charge is 2.56. The van der Waals surface area contributed by atoms with Crippen molar-refractivity contribution in [1.82, 2.24) is 55.7 Å². The summed E-state index contributed by atoms with van der Waals surface area (Å²) in [5, 5.41) is 51.5. The minimum atomic E-state index is -0.584. The molecular formula is C93H83FIN13O19. The van der Waals surface area contributed by atoms with Gasteiger partial charge in [0.2, 0.25) is 0 Å². The molecule has 4 unspecified atom stereocenters. The fourth-order valence-electron chi connectivity index (χ4n) is 21.7. The van der Waals surface area contributed by atoms with Crippen molar-refractivity contribution in [3.63, 3.8) is 0 Å². The third-order valence-electron chi connectivity index (χ3n) is 27.3. The molecular weight excluding hydrogens is 1750 g/mol. The number of methoxy groups -OCH3 is 1. The van der Waals surface area contributed by atoms with Crippen LogP contribution in [-0.2, 0) is 26.2 Å². The molecule has 4 aromatic heterocycles. The summed E-state index contributed by atoms with van der Waals surface area (Å²) in [6, 6.07) is 42.8. The first kappa shape index (κ1) is 80.1. The van der Waals surface area contributed by atoms with E-state index in [1.54, 1.807) is 114 Å². The molecule has 24 rings (SSSR count). The monoisotopic (exact) mass is 1830 g/mol. The number of allylic oxidation sites excluding steroid dienone is 4. The van der Waals surface area contributed by atoms with Crippen molar-refractivity contribution >= 4 is 28.3 Å². The Morgan fingerprint density at radius 1 is 0.378 bits per heavy atom. The Bertz CT molecular complexity index is 7310. The fraction of sp³-hybridized carbons (Fsp3) is 0.312.